The Morgan fingerprint density at radius 2 is 2.05 bits per heavy atom. The number of pyridine rings is 1. The number of rotatable bonds is 5. The van der Waals surface area contributed by atoms with E-state index in [-0.39, 0.29) is 0 Å². The van der Waals surface area contributed by atoms with Crippen molar-refractivity contribution in [2.45, 2.75) is 13.8 Å². The monoisotopic (exact) mass is 287 g/mol. The van der Waals surface area contributed by atoms with Gasteiger partial charge in [0.25, 0.3) is 0 Å². The van der Waals surface area contributed by atoms with E-state index in [1.807, 2.05) is 50.2 Å². The summed E-state index contributed by atoms with van der Waals surface area (Å²) in [5.74, 6) is 1.41. The molecule has 0 saturated heterocycles. The molecule has 0 bridgehead atoms. The summed E-state index contributed by atoms with van der Waals surface area (Å²) in [7, 11) is 0. The van der Waals surface area contributed by atoms with E-state index in [4.69, 9.17) is 22.7 Å². The number of anilines is 2. The van der Waals surface area contributed by atoms with Crippen LogP contribution in [0.15, 0.2) is 36.4 Å². The fraction of sp³-hybridized carbons (Fsp3) is 0.200. The van der Waals surface area contributed by atoms with Crippen molar-refractivity contribution in [1.29, 1.82) is 0 Å². The van der Waals surface area contributed by atoms with Gasteiger partial charge >= 0.3 is 0 Å². The summed E-state index contributed by atoms with van der Waals surface area (Å²) in [6.45, 7) is 4.47. The number of hydrogen-bond donors (Lipinski definition) is 2. The van der Waals surface area contributed by atoms with E-state index < -0.39 is 0 Å². The van der Waals surface area contributed by atoms with E-state index in [1.165, 1.54) is 0 Å². The molecule has 2 rings (SSSR count). The van der Waals surface area contributed by atoms with Crippen LogP contribution >= 0.6 is 12.2 Å². The minimum Gasteiger partial charge on any atom is -0.492 e. The van der Waals surface area contributed by atoms with Crippen molar-refractivity contribution in [2.75, 3.05) is 11.9 Å². The molecule has 1 heterocycles. The fourth-order valence-corrected chi connectivity index (χ4v) is 1.99. The second kappa shape index (κ2) is 6.34. The Balaban J connectivity index is 2.39. The molecule has 5 heteroatoms. The second-order valence-electron chi connectivity index (χ2n) is 4.27. The molecule has 104 valence electrons. The molecule has 4 nitrogen and oxygen atoms in total. The lowest BCUT2D eigenvalue weighted by molar-refractivity contribution is 0.342. The predicted octanol–water partition coefficient (Wildman–Crippen LogP) is 3.17. The summed E-state index contributed by atoms with van der Waals surface area (Å²) in [4.78, 5) is 4.77. The molecule has 0 radical (unpaired) electrons. The van der Waals surface area contributed by atoms with E-state index in [2.05, 4.69) is 10.3 Å². The highest BCUT2D eigenvalue weighted by Crippen LogP contribution is 2.28. The lowest BCUT2D eigenvalue weighted by atomic mass is 10.2. The maximum Gasteiger partial charge on any atom is 0.142 e. The molecule has 0 aliphatic heterocycles. The van der Waals surface area contributed by atoms with Crippen molar-refractivity contribution < 1.29 is 4.74 Å². The number of benzene rings is 1. The number of aromatic nitrogens is 1. The molecule has 3 N–H and O–H groups in total. The van der Waals surface area contributed by atoms with Gasteiger partial charge in [-0.15, -0.1) is 0 Å². The van der Waals surface area contributed by atoms with E-state index in [1.54, 1.807) is 0 Å². The fourth-order valence-electron chi connectivity index (χ4n) is 1.83. The standard InChI is InChI=1S/C15H17N3OS/c1-3-19-13-7-5-4-6-12(13)18-15-11(14(16)20)9-8-10(2)17-15/h4-9H,3H2,1-2H3,(H2,16,20)(H,17,18). The first-order chi connectivity index (χ1) is 9.61. The lowest BCUT2D eigenvalue weighted by Crippen LogP contribution is -2.13. The maximum atomic E-state index is 5.74. The van der Waals surface area contributed by atoms with Crippen LogP contribution < -0.4 is 15.8 Å². The summed E-state index contributed by atoms with van der Waals surface area (Å²) in [6.07, 6.45) is 0. The summed E-state index contributed by atoms with van der Waals surface area (Å²) < 4.78 is 5.59. The summed E-state index contributed by atoms with van der Waals surface area (Å²) in [5.41, 5.74) is 8.18. The Morgan fingerprint density at radius 1 is 1.30 bits per heavy atom. The summed E-state index contributed by atoms with van der Waals surface area (Å²) in [6, 6.07) is 11.4. The normalized spacial score (nSPS) is 10.1. The van der Waals surface area contributed by atoms with Crippen molar-refractivity contribution in [3.63, 3.8) is 0 Å². The average molecular weight is 287 g/mol. The Hall–Kier alpha value is -2.14. The number of hydrogen-bond acceptors (Lipinski definition) is 4. The topological polar surface area (TPSA) is 60.2 Å². The zero-order chi connectivity index (χ0) is 14.5. The molecule has 0 atom stereocenters. The third-order valence-corrected chi connectivity index (χ3v) is 2.96. The van der Waals surface area contributed by atoms with Crippen LogP contribution in [0.5, 0.6) is 5.75 Å². The van der Waals surface area contributed by atoms with Crippen molar-refractivity contribution in [3.8, 4) is 5.75 Å². The van der Waals surface area contributed by atoms with Crippen LogP contribution in [0, 0.1) is 6.92 Å². The van der Waals surface area contributed by atoms with E-state index in [0.29, 0.717) is 17.4 Å². The Morgan fingerprint density at radius 3 is 2.75 bits per heavy atom. The molecular weight excluding hydrogens is 270 g/mol. The van der Waals surface area contributed by atoms with Crippen LogP contribution in [0.2, 0.25) is 0 Å². The van der Waals surface area contributed by atoms with Crippen molar-refractivity contribution >= 4 is 28.7 Å². The molecule has 0 spiro atoms. The van der Waals surface area contributed by atoms with Gasteiger partial charge in [0.15, 0.2) is 0 Å². The van der Waals surface area contributed by atoms with Gasteiger partial charge in [0.05, 0.1) is 17.9 Å². The number of aryl methyl sites for hydroxylation is 1. The van der Waals surface area contributed by atoms with Crippen LogP contribution in [-0.2, 0) is 0 Å². The largest absolute Gasteiger partial charge is 0.492 e. The quantitative estimate of drug-likeness (QED) is 0.827. The minimum absolute atomic E-state index is 0.314. The Labute approximate surface area is 124 Å². The van der Waals surface area contributed by atoms with Gasteiger partial charge in [-0.2, -0.15) is 0 Å². The first kappa shape index (κ1) is 14.3. The number of para-hydroxylation sites is 2. The van der Waals surface area contributed by atoms with Gasteiger partial charge in [0.2, 0.25) is 0 Å². The minimum atomic E-state index is 0.314. The van der Waals surface area contributed by atoms with Crippen LogP contribution in [0.3, 0.4) is 0 Å². The molecule has 0 amide bonds. The zero-order valence-electron chi connectivity index (χ0n) is 11.5. The molecule has 0 unspecified atom stereocenters. The number of nitrogens with one attached hydrogen (secondary N) is 1. The summed E-state index contributed by atoms with van der Waals surface area (Å²) in [5, 5.41) is 3.24. The zero-order valence-corrected chi connectivity index (χ0v) is 12.3. The maximum absolute atomic E-state index is 5.74. The molecule has 0 aliphatic rings. The first-order valence-electron chi connectivity index (χ1n) is 6.38. The average Bonchev–Trinajstić information content (AvgIpc) is 2.41. The van der Waals surface area contributed by atoms with Gasteiger partial charge in [-0.25, -0.2) is 4.98 Å². The Bertz CT molecular complexity index is 628. The molecular formula is C15H17N3OS. The van der Waals surface area contributed by atoms with Crippen LogP contribution in [0.4, 0.5) is 11.5 Å². The van der Waals surface area contributed by atoms with E-state index in [0.717, 1.165) is 22.7 Å². The molecule has 0 aliphatic carbocycles. The molecule has 0 saturated carbocycles. The van der Waals surface area contributed by atoms with Crippen molar-refractivity contribution in [2.24, 2.45) is 5.73 Å². The van der Waals surface area contributed by atoms with Gasteiger partial charge in [-0.3, -0.25) is 0 Å². The molecule has 1 aromatic heterocycles. The smallest absolute Gasteiger partial charge is 0.142 e. The van der Waals surface area contributed by atoms with E-state index >= 15 is 0 Å². The molecule has 1 aromatic carbocycles. The van der Waals surface area contributed by atoms with Crippen molar-refractivity contribution in [1.82, 2.24) is 4.98 Å². The van der Waals surface area contributed by atoms with Gasteiger partial charge in [-0.05, 0) is 38.1 Å². The highest BCUT2D eigenvalue weighted by atomic mass is 32.1. The summed E-state index contributed by atoms with van der Waals surface area (Å²) >= 11 is 5.06. The van der Waals surface area contributed by atoms with Gasteiger partial charge in [-0.1, -0.05) is 24.4 Å². The number of ether oxygens (including phenoxy) is 1. The molecule has 0 fully saturated rings. The van der Waals surface area contributed by atoms with Gasteiger partial charge in [0, 0.05) is 5.69 Å². The molecule has 20 heavy (non-hydrogen) atoms. The SMILES string of the molecule is CCOc1ccccc1Nc1nc(C)ccc1C(N)=S. The van der Waals surface area contributed by atoms with Gasteiger partial charge in [0.1, 0.15) is 16.6 Å². The predicted molar refractivity (Wildman–Crippen MR) is 85.8 cm³/mol. The lowest BCUT2D eigenvalue weighted by Gasteiger charge is -2.14. The van der Waals surface area contributed by atoms with Crippen LogP contribution in [-0.4, -0.2) is 16.6 Å². The van der Waals surface area contributed by atoms with Crippen molar-refractivity contribution in [3.05, 3.63) is 47.7 Å². The highest BCUT2D eigenvalue weighted by molar-refractivity contribution is 7.80. The van der Waals surface area contributed by atoms with E-state index in [9.17, 15) is 0 Å². The number of nitrogens with zero attached hydrogens (tertiary/aromatic N) is 1. The highest BCUT2D eigenvalue weighted by Gasteiger charge is 2.10. The molecule has 2 aromatic rings. The van der Waals surface area contributed by atoms with Crippen LogP contribution in [0.1, 0.15) is 18.2 Å². The first-order valence-corrected chi connectivity index (χ1v) is 6.79. The Kier molecular flexibility index (Phi) is 4.53. The third kappa shape index (κ3) is 3.24. The second-order valence-corrected chi connectivity index (χ2v) is 4.71. The number of nitrogens with two attached hydrogens (primary N) is 1. The number of thiocarbonyl (C=S) groups is 1. The van der Waals surface area contributed by atoms with Crippen LogP contribution in [0.25, 0.3) is 0 Å². The third-order valence-electron chi connectivity index (χ3n) is 2.74. The van der Waals surface area contributed by atoms with Gasteiger partial charge < -0.3 is 15.8 Å².